The van der Waals surface area contributed by atoms with Crippen LogP contribution in [0.2, 0.25) is 0 Å². The highest BCUT2D eigenvalue weighted by atomic mass is 19.1. The van der Waals surface area contributed by atoms with Gasteiger partial charge in [-0.2, -0.15) is 5.10 Å². The molecule has 102 valence electrons. The summed E-state index contributed by atoms with van der Waals surface area (Å²) in [6.07, 6.45) is 0. The number of carbonyl (C=O) groups is 1. The van der Waals surface area contributed by atoms with E-state index in [1.165, 1.54) is 24.3 Å². The minimum Gasteiger partial charge on any atom is -0.507 e. The van der Waals surface area contributed by atoms with Crippen molar-refractivity contribution in [3.8, 4) is 5.75 Å². The molecule has 0 radical (unpaired) electrons. The molecule has 0 fully saturated rings. The first-order valence-corrected chi connectivity index (χ1v) is 5.96. The number of para-hydroxylation sites is 1. The molecule has 0 aliphatic carbocycles. The Hall–Kier alpha value is -2.69. The molecule has 2 aromatic rings. The molecule has 0 aliphatic heterocycles. The summed E-state index contributed by atoms with van der Waals surface area (Å²) in [5, 5.41) is 13.5. The summed E-state index contributed by atoms with van der Waals surface area (Å²) in [6, 6.07) is 12.0. The predicted octanol–water partition coefficient (Wildman–Crippen LogP) is 2.69. The molecule has 5 heteroatoms. The zero-order valence-corrected chi connectivity index (χ0v) is 10.8. The molecule has 0 unspecified atom stereocenters. The van der Waals surface area contributed by atoms with Crippen molar-refractivity contribution >= 4 is 11.6 Å². The van der Waals surface area contributed by atoms with Crippen molar-refractivity contribution in [1.82, 2.24) is 5.43 Å². The summed E-state index contributed by atoms with van der Waals surface area (Å²) in [4.78, 5) is 11.8. The second-order valence-electron chi connectivity index (χ2n) is 4.16. The maximum Gasteiger partial charge on any atom is 0.275 e. The highest BCUT2D eigenvalue weighted by molar-refractivity contribution is 6.01. The average molecular weight is 272 g/mol. The number of phenolic OH excluding ortho intramolecular Hbond substituents is 1. The van der Waals surface area contributed by atoms with Gasteiger partial charge in [0.2, 0.25) is 0 Å². The Balaban J connectivity index is 2.11. The van der Waals surface area contributed by atoms with Gasteiger partial charge in [-0.25, -0.2) is 9.82 Å². The molecule has 0 heterocycles. The zero-order chi connectivity index (χ0) is 14.5. The fourth-order valence-corrected chi connectivity index (χ4v) is 1.62. The van der Waals surface area contributed by atoms with Gasteiger partial charge in [0.15, 0.2) is 0 Å². The number of phenols is 1. The minimum atomic E-state index is -0.510. The van der Waals surface area contributed by atoms with Crippen LogP contribution in [0, 0.1) is 5.82 Å². The number of halogens is 1. The van der Waals surface area contributed by atoms with Crippen LogP contribution in [-0.2, 0) is 0 Å². The maximum atomic E-state index is 12.8. The SMILES string of the molecule is C/C(=N\NC(=O)c1ccccc1O)c1ccc(F)cc1. The van der Waals surface area contributed by atoms with Gasteiger partial charge in [0.1, 0.15) is 11.6 Å². The molecule has 4 nitrogen and oxygen atoms in total. The Kier molecular flexibility index (Phi) is 4.10. The van der Waals surface area contributed by atoms with Gasteiger partial charge in [-0.15, -0.1) is 0 Å². The molecule has 20 heavy (non-hydrogen) atoms. The van der Waals surface area contributed by atoms with Crippen molar-refractivity contribution in [3.63, 3.8) is 0 Å². The van der Waals surface area contributed by atoms with E-state index in [9.17, 15) is 14.3 Å². The summed E-state index contributed by atoms with van der Waals surface area (Å²) in [5.74, 6) is -0.955. The number of benzene rings is 2. The summed E-state index contributed by atoms with van der Waals surface area (Å²) < 4.78 is 12.8. The van der Waals surface area contributed by atoms with E-state index in [1.807, 2.05) is 0 Å². The monoisotopic (exact) mass is 272 g/mol. The van der Waals surface area contributed by atoms with Crippen LogP contribution in [0.25, 0.3) is 0 Å². The molecule has 0 aromatic heterocycles. The fourth-order valence-electron chi connectivity index (χ4n) is 1.62. The molecule has 1 amide bonds. The number of amides is 1. The Labute approximate surface area is 115 Å². The highest BCUT2D eigenvalue weighted by Crippen LogP contribution is 2.15. The van der Waals surface area contributed by atoms with E-state index < -0.39 is 5.91 Å². The molecule has 0 aliphatic rings. The summed E-state index contributed by atoms with van der Waals surface area (Å²) >= 11 is 0. The average Bonchev–Trinajstić information content (AvgIpc) is 2.45. The van der Waals surface area contributed by atoms with E-state index in [0.717, 1.165) is 0 Å². The van der Waals surface area contributed by atoms with Crippen molar-refractivity contribution in [2.24, 2.45) is 5.10 Å². The predicted molar refractivity (Wildman–Crippen MR) is 74.2 cm³/mol. The van der Waals surface area contributed by atoms with Crippen LogP contribution in [-0.4, -0.2) is 16.7 Å². The standard InChI is InChI=1S/C15H13FN2O2/c1-10(11-6-8-12(16)9-7-11)17-18-15(20)13-4-2-3-5-14(13)19/h2-9,19H,1H3,(H,18,20)/b17-10+. The number of aromatic hydroxyl groups is 1. The normalized spacial score (nSPS) is 11.2. The van der Waals surface area contributed by atoms with E-state index >= 15 is 0 Å². The van der Waals surface area contributed by atoms with Gasteiger partial charge in [-0.05, 0) is 36.8 Å². The van der Waals surface area contributed by atoms with Crippen molar-refractivity contribution in [3.05, 3.63) is 65.5 Å². The van der Waals surface area contributed by atoms with Gasteiger partial charge < -0.3 is 5.11 Å². The number of rotatable bonds is 3. The minimum absolute atomic E-state index is 0.111. The molecule has 2 N–H and O–H groups in total. The molecule has 2 aromatic carbocycles. The second-order valence-corrected chi connectivity index (χ2v) is 4.16. The Morgan fingerprint density at radius 3 is 2.45 bits per heavy atom. The van der Waals surface area contributed by atoms with Crippen molar-refractivity contribution in [2.45, 2.75) is 6.92 Å². The van der Waals surface area contributed by atoms with Crippen LogP contribution in [0.3, 0.4) is 0 Å². The molecule has 0 spiro atoms. The second kappa shape index (κ2) is 5.97. The molecular formula is C15H13FN2O2. The highest BCUT2D eigenvalue weighted by Gasteiger charge is 2.09. The third-order valence-corrected chi connectivity index (χ3v) is 2.74. The Morgan fingerprint density at radius 2 is 1.80 bits per heavy atom. The van der Waals surface area contributed by atoms with Gasteiger partial charge in [-0.1, -0.05) is 24.3 Å². The fraction of sp³-hybridized carbons (Fsp3) is 0.0667. The van der Waals surface area contributed by atoms with Crippen molar-refractivity contribution in [1.29, 1.82) is 0 Å². The number of nitrogens with zero attached hydrogens (tertiary/aromatic N) is 1. The van der Waals surface area contributed by atoms with E-state index in [4.69, 9.17) is 0 Å². The van der Waals surface area contributed by atoms with Gasteiger partial charge in [0, 0.05) is 0 Å². The van der Waals surface area contributed by atoms with Crippen LogP contribution < -0.4 is 5.43 Å². The third kappa shape index (κ3) is 3.20. The van der Waals surface area contributed by atoms with Crippen molar-refractivity contribution < 1.29 is 14.3 Å². The first-order chi connectivity index (χ1) is 9.58. The van der Waals surface area contributed by atoms with Crippen LogP contribution in [0.5, 0.6) is 5.75 Å². The van der Waals surface area contributed by atoms with Crippen LogP contribution in [0.1, 0.15) is 22.8 Å². The van der Waals surface area contributed by atoms with E-state index in [-0.39, 0.29) is 17.1 Å². The Morgan fingerprint density at radius 1 is 1.15 bits per heavy atom. The van der Waals surface area contributed by atoms with Crippen molar-refractivity contribution in [2.75, 3.05) is 0 Å². The zero-order valence-electron chi connectivity index (χ0n) is 10.8. The molecular weight excluding hydrogens is 259 g/mol. The molecule has 0 saturated heterocycles. The third-order valence-electron chi connectivity index (χ3n) is 2.74. The lowest BCUT2D eigenvalue weighted by molar-refractivity contribution is 0.0952. The largest absolute Gasteiger partial charge is 0.507 e. The van der Waals surface area contributed by atoms with Crippen LogP contribution >= 0.6 is 0 Å². The van der Waals surface area contributed by atoms with Crippen LogP contribution in [0.15, 0.2) is 53.6 Å². The lowest BCUT2D eigenvalue weighted by Crippen LogP contribution is -2.19. The molecule has 0 atom stereocenters. The first-order valence-electron chi connectivity index (χ1n) is 5.96. The quantitative estimate of drug-likeness (QED) is 0.666. The number of hydrazone groups is 1. The van der Waals surface area contributed by atoms with Crippen LogP contribution in [0.4, 0.5) is 4.39 Å². The van der Waals surface area contributed by atoms with Gasteiger partial charge >= 0.3 is 0 Å². The lowest BCUT2D eigenvalue weighted by atomic mass is 10.1. The van der Waals surface area contributed by atoms with E-state index in [0.29, 0.717) is 11.3 Å². The smallest absolute Gasteiger partial charge is 0.275 e. The Bertz CT molecular complexity index is 651. The van der Waals surface area contributed by atoms with E-state index in [1.54, 1.807) is 31.2 Å². The molecule has 0 saturated carbocycles. The number of hydrogen-bond acceptors (Lipinski definition) is 3. The first kappa shape index (κ1) is 13.7. The number of nitrogens with one attached hydrogen (secondary N) is 1. The summed E-state index contributed by atoms with van der Waals surface area (Å²) in [7, 11) is 0. The number of hydrogen-bond donors (Lipinski definition) is 2. The maximum absolute atomic E-state index is 12.8. The summed E-state index contributed by atoms with van der Waals surface area (Å²) in [5.41, 5.74) is 3.72. The van der Waals surface area contributed by atoms with Gasteiger partial charge in [0.25, 0.3) is 5.91 Å². The number of carbonyl (C=O) groups excluding carboxylic acids is 1. The summed E-state index contributed by atoms with van der Waals surface area (Å²) in [6.45, 7) is 1.69. The molecule has 0 bridgehead atoms. The van der Waals surface area contributed by atoms with Gasteiger partial charge in [0.05, 0.1) is 11.3 Å². The lowest BCUT2D eigenvalue weighted by Gasteiger charge is -2.04. The molecule has 2 rings (SSSR count). The van der Waals surface area contributed by atoms with Gasteiger partial charge in [-0.3, -0.25) is 4.79 Å². The topological polar surface area (TPSA) is 61.7 Å². The van der Waals surface area contributed by atoms with E-state index in [2.05, 4.69) is 10.5 Å².